The highest BCUT2D eigenvalue weighted by Gasteiger charge is 2.25. The van der Waals surface area contributed by atoms with Crippen molar-refractivity contribution in [3.05, 3.63) is 47.5 Å². The Balaban J connectivity index is 1.67. The molecule has 0 saturated carbocycles. The van der Waals surface area contributed by atoms with Crippen LogP contribution < -0.4 is 29.7 Å². The second-order valence-corrected chi connectivity index (χ2v) is 7.31. The van der Waals surface area contributed by atoms with Crippen molar-refractivity contribution in [2.24, 2.45) is 11.0 Å². The van der Waals surface area contributed by atoms with E-state index in [1.54, 1.807) is 43.5 Å². The lowest BCUT2D eigenvalue weighted by Gasteiger charge is -2.20. The summed E-state index contributed by atoms with van der Waals surface area (Å²) in [4.78, 5) is 25.4. The summed E-state index contributed by atoms with van der Waals surface area (Å²) >= 11 is 0. The number of benzene rings is 2. The molecule has 0 radical (unpaired) electrons. The van der Waals surface area contributed by atoms with E-state index in [0.29, 0.717) is 40.7 Å². The molecule has 2 amide bonds. The maximum Gasteiger partial charge on any atom is 0.262 e. The van der Waals surface area contributed by atoms with E-state index in [1.165, 1.54) is 6.21 Å². The van der Waals surface area contributed by atoms with E-state index in [0.717, 1.165) is 0 Å². The molecule has 1 heterocycles. The lowest BCUT2D eigenvalue weighted by molar-refractivity contribution is -0.123. The van der Waals surface area contributed by atoms with Gasteiger partial charge in [0.25, 0.3) is 11.8 Å². The first-order valence-corrected chi connectivity index (χ1v) is 10.3. The summed E-state index contributed by atoms with van der Waals surface area (Å²) in [5.41, 5.74) is 3.51. The third-order valence-corrected chi connectivity index (χ3v) is 4.77. The number of rotatable bonds is 9. The molecule has 2 aromatic rings. The van der Waals surface area contributed by atoms with Crippen molar-refractivity contribution in [2.75, 3.05) is 20.5 Å². The summed E-state index contributed by atoms with van der Waals surface area (Å²) < 4.78 is 21.5. The fourth-order valence-corrected chi connectivity index (χ4v) is 3.13. The van der Waals surface area contributed by atoms with Gasteiger partial charge in [-0.25, -0.2) is 5.43 Å². The Morgan fingerprint density at radius 1 is 1.19 bits per heavy atom. The molecule has 2 aromatic carbocycles. The summed E-state index contributed by atoms with van der Waals surface area (Å²) in [7, 11) is 1.55. The molecule has 32 heavy (non-hydrogen) atoms. The number of ether oxygens (including phenoxy) is 4. The summed E-state index contributed by atoms with van der Waals surface area (Å²) in [6, 6.07) is 9.45. The van der Waals surface area contributed by atoms with Gasteiger partial charge in [0.05, 0.1) is 19.9 Å². The highest BCUT2D eigenvalue weighted by molar-refractivity contribution is 5.98. The zero-order valence-corrected chi connectivity index (χ0v) is 18.5. The van der Waals surface area contributed by atoms with Crippen LogP contribution in [-0.2, 0) is 4.79 Å². The van der Waals surface area contributed by atoms with Gasteiger partial charge in [-0.15, -0.1) is 0 Å². The van der Waals surface area contributed by atoms with Gasteiger partial charge >= 0.3 is 0 Å². The van der Waals surface area contributed by atoms with Crippen molar-refractivity contribution in [3.8, 4) is 23.0 Å². The first-order valence-electron chi connectivity index (χ1n) is 10.3. The quantitative estimate of drug-likeness (QED) is 0.458. The molecule has 170 valence electrons. The van der Waals surface area contributed by atoms with Gasteiger partial charge in [0.15, 0.2) is 23.0 Å². The van der Waals surface area contributed by atoms with Gasteiger partial charge in [-0.2, -0.15) is 5.10 Å². The number of hydrogen-bond donors (Lipinski definition) is 2. The summed E-state index contributed by atoms with van der Waals surface area (Å²) in [6.07, 6.45) is 1.47. The van der Waals surface area contributed by atoms with Crippen LogP contribution in [0.4, 0.5) is 0 Å². The second kappa shape index (κ2) is 10.5. The van der Waals surface area contributed by atoms with Crippen LogP contribution in [0.3, 0.4) is 0 Å². The molecule has 0 spiro atoms. The topological polar surface area (TPSA) is 107 Å². The molecule has 0 aliphatic carbocycles. The molecule has 9 heteroatoms. The summed E-state index contributed by atoms with van der Waals surface area (Å²) in [5, 5.41) is 6.80. The average molecular weight is 441 g/mol. The van der Waals surface area contributed by atoms with E-state index in [2.05, 4.69) is 15.8 Å². The van der Waals surface area contributed by atoms with Crippen molar-refractivity contribution >= 4 is 18.0 Å². The molecule has 1 aliphatic rings. The van der Waals surface area contributed by atoms with Crippen LogP contribution >= 0.6 is 0 Å². The van der Waals surface area contributed by atoms with Crippen molar-refractivity contribution < 1.29 is 28.5 Å². The van der Waals surface area contributed by atoms with Crippen LogP contribution in [0.15, 0.2) is 41.5 Å². The molecule has 9 nitrogen and oxygen atoms in total. The number of carbonyl (C=O) groups is 2. The van der Waals surface area contributed by atoms with Gasteiger partial charge in [-0.3, -0.25) is 9.59 Å². The number of carbonyl (C=O) groups excluding carboxylic acids is 2. The lowest BCUT2D eigenvalue weighted by atomic mass is 10.0. The van der Waals surface area contributed by atoms with Crippen molar-refractivity contribution in [2.45, 2.75) is 26.8 Å². The molecule has 2 N–H and O–H groups in total. The lowest BCUT2D eigenvalue weighted by Crippen LogP contribution is -2.48. The Bertz CT molecular complexity index is 1010. The smallest absolute Gasteiger partial charge is 0.262 e. The average Bonchev–Trinajstić information content (AvgIpc) is 3.26. The zero-order valence-electron chi connectivity index (χ0n) is 18.5. The summed E-state index contributed by atoms with van der Waals surface area (Å²) in [5.74, 6) is 1.18. The van der Waals surface area contributed by atoms with Crippen LogP contribution in [0, 0.1) is 5.92 Å². The first kappa shape index (κ1) is 22.9. The Morgan fingerprint density at radius 2 is 1.97 bits per heavy atom. The number of para-hydroxylation sites is 1. The van der Waals surface area contributed by atoms with E-state index in [-0.39, 0.29) is 12.7 Å². The van der Waals surface area contributed by atoms with Crippen molar-refractivity contribution in [1.29, 1.82) is 0 Å². The van der Waals surface area contributed by atoms with E-state index in [4.69, 9.17) is 18.9 Å². The Labute approximate surface area is 186 Å². The minimum absolute atomic E-state index is 0.119. The predicted molar refractivity (Wildman–Crippen MR) is 119 cm³/mol. The maximum absolute atomic E-state index is 12.7. The van der Waals surface area contributed by atoms with Gasteiger partial charge in [0.1, 0.15) is 6.04 Å². The monoisotopic (exact) mass is 441 g/mol. The standard InChI is InChI=1S/C23H27N3O6/c1-5-30-21-16(7-6-8-18(21)29-4)12-24-26-23(28)20(14(2)3)25-22(27)15-9-10-17-19(11-15)32-13-31-17/h6-12,14,20H,5,13H2,1-4H3,(H,25,27)(H,26,28). The summed E-state index contributed by atoms with van der Waals surface area (Å²) in [6.45, 7) is 6.11. The molecule has 3 rings (SSSR count). The Morgan fingerprint density at radius 3 is 2.69 bits per heavy atom. The van der Waals surface area contributed by atoms with Gasteiger partial charge in [0, 0.05) is 11.1 Å². The second-order valence-electron chi connectivity index (χ2n) is 7.31. The fourth-order valence-electron chi connectivity index (χ4n) is 3.13. The molecule has 0 saturated heterocycles. The highest BCUT2D eigenvalue weighted by atomic mass is 16.7. The molecule has 0 aromatic heterocycles. The molecular formula is C23H27N3O6. The largest absolute Gasteiger partial charge is 0.493 e. The van der Waals surface area contributed by atoms with Crippen LogP contribution in [0.5, 0.6) is 23.0 Å². The van der Waals surface area contributed by atoms with Gasteiger partial charge in [-0.1, -0.05) is 19.9 Å². The van der Waals surface area contributed by atoms with E-state index < -0.39 is 17.9 Å². The third-order valence-electron chi connectivity index (χ3n) is 4.77. The Kier molecular flexibility index (Phi) is 7.54. The molecule has 0 fully saturated rings. The van der Waals surface area contributed by atoms with Gasteiger partial charge < -0.3 is 24.3 Å². The fraction of sp³-hybridized carbons (Fsp3) is 0.348. The number of nitrogens with zero attached hydrogens (tertiary/aromatic N) is 1. The molecule has 0 bridgehead atoms. The predicted octanol–water partition coefficient (Wildman–Crippen LogP) is 2.73. The molecular weight excluding hydrogens is 414 g/mol. The minimum atomic E-state index is -0.790. The number of amides is 2. The van der Waals surface area contributed by atoms with Crippen molar-refractivity contribution in [1.82, 2.24) is 10.7 Å². The normalized spacial score (nSPS) is 13.2. The third kappa shape index (κ3) is 5.29. The van der Waals surface area contributed by atoms with Gasteiger partial charge in [0.2, 0.25) is 6.79 Å². The van der Waals surface area contributed by atoms with Crippen LogP contribution in [0.1, 0.15) is 36.7 Å². The minimum Gasteiger partial charge on any atom is -0.493 e. The van der Waals surface area contributed by atoms with E-state index in [1.807, 2.05) is 20.8 Å². The van der Waals surface area contributed by atoms with Gasteiger partial charge in [-0.05, 0) is 43.2 Å². The number of hydrogen-bond acceptors (Lipinski definition) is 7. The highest BCUT2D eigenvalue weighted by Crippen LogP contribution is 2.32. The first-order chi connectivity index (χ1) is 15.4. The number of nitrogens with one attached hydrogen (secondary N) is 2. The SMILES string of the molecule is CCOc1c(C=NNC(=O)C(NC(=O)c2ccc3c(c2)OCO3)C(C)C)cccc1OC. The van der Waals surface area contributed by atoms with E-state index in [9.17, 15) is 9.59 Å². The Hall–Kier alpha value is -3.75. The number of methoxy groups -OCH3 is 1. The van der Waals surface area contributed by atoms with Crippen LogP contribution in [0.25, 0.3) is 0 Å². The van der Waals surface area contributed by atoms with Crippen LogP contribution in [-0.4, -0.2) is 44.6 Å². The maximum atomic E-state index is 12.7. The van der Waals surface area contributed by atoms with Crippen molar-refractivity contribution in [3.63, 3.8) is 0 Å². The molecule has 1 unspecified atom stereocenters. The van der Waals surface area contributed by atoms with Crippen LogP contribution in [0.2, 0.25) is 0 Å². The number of hydrazone groups is 1. The molecule has 1 atom stereocenters. The van der Waals surface area contributed by atoms with E-state index >= 15 is 0 Å². The zero-order chi connectivity index (χ0) is 23.1. The molecule has 1 aliphatic heterocycles. The number of fused-ring (bicyclic) bond motifs is 1.